The molecule has 0 bridgehead atoms. The van der Waals surface area contributed by atoms with Gasteiger partial charge in [0, 0.05) is 37.0 Å². The number of fused-ring (bicyclic) bond motifs is 1. The Balaban J connectivity index is 0.000000383. The summed E-state index contributed by atoms with van der Waals surface area (Å²) in [6, 6.07) is 16.5. The fraction of sp³-hybridized carbons (Fsp3) is 0.419. The van der Waals surface area contributed by atoms with E-state index >= 15 is 0 Å². The van der Waals surface area contributed by atoms with Crippen LogP contribution >= 0.6 is 0 Å². The van der Waals surface area contributed by atoms with Crippen molar-refractivity contribution in [3.05, 3.63) is 76.6 Å². The number of nitrogens with zero attached hydrogens (tertiary/aromatic N) is 1. The van der Waals surface area contributed by atoms with E-state index in [1.165, 1.54) is 28.2 Å². The number of allylic oxidation sites excluding steroid dienone is 2. The summed E-state index contributed by atoms with van der Waals surface area (Å²) >= 11 is 0. The molecular formula is C31H40IrNO2-. The number of carbonyl (C=O) groups is 1. The molecule has 0 saturated heterocycles. The van der Waals surface area contributed by atoms with Crippen LogP contribution in [0, 0.1) is 37.7 Å². The van der Waals surface area contributed by atoms with Crippen molar-refractivity contribution in [2.24, 2.45) is 10.8 Å². The van der Waals surface area contributed by atoms with Gasteiger partial charge in [-0.05, 0) is 36.1 Å². The summed E-state index contributed by atoms with van der Waals surface area (Å²) in [7, 11) is 0. The van der Waals surface area contributed by atoms with Crippen LogP contribution in [0.3, 0.4) is 0 Å². The molecule has 0 aliphatic carbocycles. The molecule has 0 fully saturated rings. The van der Waals surface area contributed by atoms with Gasteiger partial charge in [-0.1, -0.05) is 86.1 Å². The third-order valence-electron chi connectivity index (χ3n) is 5.61. The van der Waals surface area contributed by atoms with Crippen LogP contribution in [0.25, 0.3) is 22.2 Å². The predicted molar refractivity (Wildman–Crippen MR) is 144 cm³/mol. The number of hydrogen-bond donors (Lipinski definition) is 1. The van der Waals surface area contributed by atoms with E-state index in [0.29, 0.717) is 0 Å². The maximum absolute atomic E-state index is 11.5. The monoisotopic (exact) mass is 651 g/mol. The number of benzene rings is 2. The molecule has 3 aromatic rings. The van der Waals surface area contributed by atoms with Crippen molar-refractivity contribution in [2.75, 3.05) is 0 Å². The fourth-order valence-electron chi connectivity index (χ4n) is 3.40. The van der Waals surface area contributed by atoms with Gasteiger partial charge in [0.2, 0.25) is 0 Å². The van der Waals surface area contributed by atoms with Crippen molar-refractivity contribution >= 4 is 16.7 Å². The van der Waals surface area contributed by atoms with E-state index in [-0.39, 0.29) is 37.1 Å². The van der Waals surface area contributed by atoms with Crippen LogP contribution in [-0.4, -0.2) is 15.9 Å². The van der Waals surface area contributed by atoms with E-state index in [2.05, 4.69) is 70.2 Å². The Morgan fingerprint density at radius 2 is 1.57 bits per heavy atom. The quantitative estimate of drug-likeness (QED) is 0.176. The van der Waals surface area contributed by atoms with Gasteiger partial charge in [0.15, 0.2) is 5.78 Å². The smallest absolute Gasteiger partial charge is 0.164 e. The molecule has 35 heavy (non-hydrogen) atoms. The van der Waals surface area contributed by atoms with Crippen molar-refractivity contribution in [2.45, 2.75) is 75.7 Å². The minimum Gasteiger partial charge on any atom is -0.512 e. The van der Waals surface area contributed by atoms with Gasteiger partial charge in [0.1, 0.15) is 5.76 Å². The SMILES string of the molecule is CC(C)(C)C(=O)/C=C(\O)C(C)(C)C.CCc1cc2ccc(C)cc2nc1-c1[c-]c(C)cc(C)c1.[Ir]. The Labute approximate surface area is 225 Å². The Bertz CT molecular complexity index is 1190. The van der Waals surface area contributed by atoms with Crippen LogP contribution in [0.15, 0.2) is 48.2 Å². The first-order valence-electron chi connectivity index (χ1n) is 12.0. The first-order valence-corrected chi connectivity index (χ1v) is 12.0. The number of rotatable bonds is 3. The Morgan fingerprint density at radius 3 is 2.09 bits per heavy atom. The molecule has 1 N–H and O–H groups in total. The van der Waals surface area contributed by atoms with Crippen LogP contribution in [0.2, 0.25) is 0 Å². The predicted octanol–water partition coefficient (Wildman–Crippen LogP) is 8.28. The minimum absolute atomic E-state index is 0. The summed E-state index contributed by atoms with van der Waals surface area (Å²) < 4.78 is 0. The van der Waals surface area contributed by atoms with Crippen LogP contribution in [0.5, 0.6) is 0 Å². The van der Waals surface area contributed by atoms with Crippen LogP contribution in [0.4, 0.5) is 0 Å². The summed E-state index contributed by atoms with van der Waals surface area (Å²) in [5.41, 5.74) is 7.43. The average Bonchev–Trinajstić information content (AvgIpc) is 2.71. The molecule has 3 rings (SSSR count). The van der Waals surface area contributed by atoms with Gasteiger partial charge < -0.3 is 5.11 Å². The van der Waals surface area contributed by atoms with E-state index in [1.54, 1.807) is 0 Å². The van der Waals surface area contributed by atoms with Crippen molar-refractivity contribution in [3.63, 3.8) is 0 Å². The van der Waals surface area contributed by atoms with Crippen molar-refractivity contribution in [3.8, 4) is 11.3 Å². The van der Waals surface area contributed by atoms with E-state index in [4.69, 9.17) is 4.98 Å². The molecule has 0 aliphatic heterocycles. The molecule has 2 aromatic carbocycles. The first kappa shape index (κ1) is 30.7. The molecule has 0 aliphatic rings. The average molecular weight is 651 g/mol. The number of aliphatic hydroxyl groups is 1. The molecule has 1 radical (unpaired) electrons. The molecule has 4 heteroatoms. The number of hydrogen-bond acceptors (Lipinski definition) is 3. The van der Waals surface area contributed by atoms with Crippen LogP contribution in [0.1, 0.15) is 70.7 Å². The molecule has 3 nitrogen and oxygen atoms in total. The first-order chi connectivity index (χ1) is 15.6. The molecule has 0 unspecified atom stereocenters. The minimum atomic E-state index is -0.417. The van der Waals surface area contributed by atoms with Gasteiger partial charge in [-0.3, -0.25) is 9.78 Å². The number of pyridine rings is 1. The third kappa shape index (κ3) is 8.70. The van der Waals surface area contributed by atoms with Gasteiger partial charge in [-0.2, -0.15) is 0 Å². The Morgan fingerprint density at radius 1 is 0.943 bits per heavy atom. The van der Waals surface area contributed by atoms with E-state index in [0.717, 1.165) is 28.8 Å². The Hall–Kier alpha value is -2.29. The molecule has 191 valence electrons. The second-order valence-electron chi connectivity index (χ2n) is 11.2. The van der Waals surface area contributed by atoms with Crippen LogP contribution in [-0.2, 0) is 31.3 Å². The van der Waals surface area contributed by atoms with Crippen molar-refractivity contribution < 1.29 is 30.0 Å². The zero-order valence-corrected chi connectivity index (χ0v) is 25.3. The molecule has 0 amide bonds. The molecule has 1 heterocycles. The van der Waals surface area contributed by atoms with Gasteiger partial charge >= 0.3 is 0 Å². The zero-order valence-electron chi connectivity index (χ0n) is 22.9. The van der Waals surface area contributed by atoms with Gasteiger partial charge in [-0.15, -0.1) is 34.9 Å². The molecular weight excluding hydrogens is 611 g/mol. The summed E-state index contributed by atoms with van der Waals surface area (Å²) in [5.74, 6) is 0.104. The summed E-state index contributed by atoms with van der Waals surface area (Å²) in [6.07, 6.45) is 2.31. The maximum Gasteiger partial charge on any atom is 0.164 e. The summed E-state index contributed by atoms with van der Waals surface area (Å²) in [4.78, 5) is 16.4. The zero-order chi connectivity index (χ0) is 25.8. The van der Waals surface area contributed by atoms with E-state index in [9.17, 15) is 9.90 Å². The maximum atomic E-state index is 11.5. The molecule has 0 spiro atoms. The standard InChI is InChI=1S/C20H20N.C11H20O2.Ir/c1-5-16-12-17-7-6-13(2)11-19(17)21-20(16)18-9-14(3)8-15(4)10-18;1-10(2,3)8(12)7-9(13)11(4,5)6;/h6-9,11-12H,5H2,1-4H3;7,12H,1-6H3;/q-1;;/b;8-7-;. The van der Waals surface area contributed by atoms with E-state index < -0.39 is 5.41 Å². The number of aryl methyl sites for hydroxylation is 4. The molecule has 0 saturated carbocycles. The summed E-state index contributed by atoms with van der Waals surface area (Å²) in [6.45, 7) is 19.6. The van der Waals surface area contributed by atoms with Crippen LogP contribution < -0.4 is 0 Å². The van der Waals surface area contributed by atoms with Gasteiger partial charge in [0.05, 0.1) is 5.52 Å². The number of carbonyl (C=O) groups excluding carboxylic acids is 1. The Kier molecular flexibility index (Phi) is 10.6. The second-order valence-corrected chi connectivity index (χ2v) is 11.2. The molecule has 0 atom stereocenters. The fourth-order valence-corrected chi connectivity index (χ4v) is 3.40. The number of ketones is 1. The second kappa shape index (κ2) is 12.1. The number of aromatic nitrogens is 1. The molecule has 1 aromatic heterocycles. The topological polar surface area (TPSA) is 50.2 Å². The van der Waals surface area contributed by atoms with Crippen molar-refractivity contribution in [1.29, 1.82) is 0 Å². The number of aliphatic hydroxyl groups excluding tert-OH is 1. The summed E-state index contributed by atoms with van der Waals surface area (Å²) in [5, 5.41) is 10.8. The normalized spacial score (nSPS) is 12.0. The third-order valence-corrected chi connectivity index (χ3v) is 5.61. The largest absolute Gasteiger partial charge is 0.512 e. The van der Waals surface area contributed by atoms with E-state index in [1.807, 2.05) is 41.5 Å². The van der Waals surface area contributed by atoms with Gasteiger partial charge in [-0.25, -0.2) is 0 Å². The van der Waals surface area contributed by atoms with Gasteiger partial charge in [0.25, 0.3) is 0 Å². The van der Waals surface area contributed by atoms with Crippen molar-refractivity contribution in [1.82, 2.24) is 4.98 Å².